The molecule has 0 aliphatic carbocycles. The van der Waals surface area contributed by atoms with Gasteiger partial charge in [-0.2, -0.15) is 0 Å². The van der Waals surface area contributed by atoms with Crippen LogP contribution in [0.4, 0.5) is 0 Å². The highest BCUT2D eigenvalue weighted by Gasteiger charge is 2.00. The third-order valence-electron chi connectivity index (χ3n) is 4.17. The molecule has 0 aliphatic heterocycles. The monoisotopic (exact) mass is 328 g/mol. The summed E-state index contributed by atoms with van der Waals surface area (Å²) >= 11 is 0. The summed E-state index contributed by atoms with van der Waals surface area (Å²) in [6, 6.07) is 19.7. The first-order valence-corrected chi connectivity index (χ1v) is 9.08. The SMILES string of the molecule is C/C=C\c1c(C)cccc1/C=C/c1ccc2cc(C)ccc2c1.CC. The van der Waals surface area contributed by atoms with E-state index in [0.717, 1.165) is 0 Å². The van der Waals surface area contributed by atoms with Crippen LogP contribution in [0.1, 0.15) is 48.6 Å². The van der Waals surface area contributed by atoms with Gasteiger partial charge in [0.25, 0.3) is 0 Å². The molecule has 0 heterocycles. The summed E-state index contributed by atoms with van der Waals surface area (Å²) in [4.78, 5) is 0. The maximum absolute atomic E-state index is 2.25. The smallest absolute Gasteiger partial charge is 0.0158 e. The number of fused-ring (bicyclic) bond motifs is 1. The van der Waals surface area contributed by atoms with E-state index in [1.54, 1.807) is 0 Å². The Morgan fingerprint density at radius 2 is 1.44 bits per heavy atom. The number of hydrogen-bond donors (Lipinski definition) is 0. The number of rotatable bonds is 3. The normalized spacial score (nSPS) is 11.1. The third kappa shape index (κ3) is 4.70. The van der Waals surface area contributed by atoms with Gasteiger partial charge in [-0.05, 0) is 59.9 Å². The lowest BCUT2D eigenvalue weighted by atomic mass is 9.99. The van der Waals surface area contributed by atoms with Crippen molar-refractivity contribution in [1.29, 1.82) is 0 Å². The lowest BCUT2D eigenvalue weighted by Crippen LogP contribution is -1.85. The van der Waals surface area contributed by atoms with Gasteiger partial charge in [0.1, 0.15) is 0 Å². The predicted octanol–water partition coefficient (Wildman–Crippen LogP) is 7.69. The molecule has 25 heavy (non-hydrogen) atoms. The highest BCUT2D eigenvalue weighted by atomic mass is 14.0. The van der Waals surface area contributed by atoms with Gasteiger partial charge in [0, 0.05) is 0 Å². The number of aryl methyl sites for hydroxylation is 2. The molecule has 3 aromatic carbocycles. The van der Waals surface area contributed by atoms with E-state index in [1.165, 1.54) is 38.6 Å². The second-order valence-corrected chi connectivity index (χ2v) is 6.02. The van der Waals surface area contributed by atoms with E-state index >= 15 is 0 Å². The fraction of sp³-hybridized carbons (Fsp3) is 0.200. The topological polar surface area (TPSA) is 0 Å². The summed E-state index contributed by atoms with van der Waals surface area (Å²) in [5, 5.41) is 2.59. The lowest BCUT2D eigenvalue weighted by Gasteiger charge is -2.05. The van der Waals surface area contributed by atoms with Gasteiger partial charge in [0.2, 0.25) is 0 Å². The van der Waals surface area contributed by atoms with Gasteiger partial charge >= 0.3 is 0 Å². The Kier molecular flexibility index (Phi) is 6.77. The van der Waals surface area contributed by atoms with Crippen LogP contribution in [-0.4, -0.2) is 0 Å². The number of allylic oxidation sites excluding steroid dienone is 1. The highest BCUT2D eigenvalue weighted by molar-refractivity contribution is 5.87. The van der Waals surface area contributed by atoms with Crippen molar-refractivity contribution in [1.82, 2.24) is 0 Å². The number of benzene rings is 3. The molecule has 0 N–H and O–H groups in total. The van der Waals surface area contributed by atoms with E-state index in [1.807, 2.05) is 13.8 Å². The van der Waals surface area contributed by atoms with Crippen molar-refractivity contribution in [3.63, 3.8) is 0 Å². The van der Waals surface area contributed by atoms with Gasteiger partial charge in [-0.25, -0.2) is 0 Å². The summed E-state index contributed by atoms with van der Waals surface area (Å²) in [5.74, 6) is 0. The van der Waals surface area contributed by atoms with Crippen molar-refractivity contribution in [3.05, 3.63) is 88.5 Å². The van der Waals surface area contributed by atoms with Crippen molar-refractivity contribution in [2.24, 2.45) is 0 Å². The quantitative estimate of drug-likeness (QED) is 0.432. The molecule has 0 saturated carbocycles. The molecule has 0 saturated heterocycles. The third-order valence-corrected chi connectivity index (χ3v) is 4.17. The Morgan fingerprint density at radius 3 is 2.20 bits per heavy atom. The zero-order valence-electron chi connectivity index (χ0n) is 16.0. The largest absolute Gasteiger partial charge is 0.0870 e. The molecule has 0 nitrogen and oxygen atoms in total. The minimum Gasteiger partial charge on any atom is -0.0870 e. The molecular formula is C25H28. The van der Waals surface area contributed by atoms with E-state index in [9.17, 15) is 0 Å². The summed E-state index contributed by atoms with van der Waals surface area (Å²) in [7, 11) is 0. The van der Waals surface area contributed by atoms with E-state index in [0.29, 0.717) is 0 Å². The fourth-order valence-electron chi connectivity index (χ4n) is 2.92. The lowest BCUT2D eigenvalue weighted by molar-refractivity contribution is 1.43. The van der Waals surface area contributed by atoms with Gasteiger partial charge in [0.15, 0.2) is 0 Å². The molecule has 0 fully saturated rings. The Labute approximate surface area is 152 Å². The van der Waals surface area contributed by atoms with Gasteiger partial charge < -0.3 is 0 Å². The summed E-state index contributed by atoms with van der Waals surface area (Å²) in [6.45, 7) is 10.4. The van der Waals surface area contributed by atoms with E-state index in [4.69, 9.17) is 0 Å². The van der Waals surface area contributed by atoms with Crippen LogP contribution in [-0.2, 0) is 0 Å². The van der Waals surface area contributed by atoms with Crippen molar-refractivity contribution in [3.8, 4) is 0 Å². The highest BCUT2D eigenvalue weighted by Crippen LogP contribution is 2.21. The Bertz CT molecular complexity index is 895. The molecule has 0 bridgehead atoms. The number of hydrogen-bond acceptors (Lipinski definition) is 0. The minimum atomic E-state index is 1.23. The van der Waals surface area contributed by atoms with E-state index in [-0.39, 0.29) is 0 Å². The van der Waals surface area contributed by atoms with Crippen LogP contribution in [0.25, 0.3) is 29.0 Å². The minimum absolute atomic E-state index is 1.23. The molecule has 128 valence electrons. The predicted molar refractivity (Wildman–Crippen MR) is 115 cm³/mol. The van der Waals surface area contributed by atoms with Gasteiger partial charge in [-0.15, -0.1) is 0 Å². The first kappa shape index (κ1) is 18.7. The average Bonchev–Trinajstić information content (AvgIpc) is 2.64. The second kappa shape index (κ2) is 9.03. The molecule has 0 spiro atoms. The zero-order chi connectivity index (χ0) is 18.2. The van der Waals surface area contributed by atoms with Crippen LogP contribution in [0.5, 0.6) is 0 Å². The van der Waals surface area contributed by atoms with Crippen molar-refractivity contribution >= 4 is 29.0 Å². The average molecular weight is 328 g/mol. The van der Waals surface area contributed by atoms with Gasteiger partial charge in [0.05, 0.1) is 0 Å². The van der Waals surface area contributed by atoms with Crippen LogP contribution < -0.4 is 0 Å². The molecule has 0 aliphatic rings. The van der Waals surface area contributed by atoms with Crippen LogP contribution in [0, 0.1) is 13.8 Å². The molecule has 0 unspecified atom stereocenters. The molecule has 0 aromatic heterocycles. The molecule has 3 aromatic rings. The van der Waals surface area contributed by atoms with Crippen molar-refractivity contribution in [2.45, 2.75) is 34.6 Å². The van der Waals surface area contributed by atoms with Crippen molar-refractivity contribution in [2.75, 3.05) is 0 Å². The van der Waals surface area contributed by atoms with Crippen molar-refractivity contribution < 1.29 is 0 Å². The van der Waals surface area contributed by atoms with Gasteiger partial charge in [-0.3, -0.25) is 0 Å². The van der Waals surface area contributed by atoms with E-state index < -0.39 is 0 Å². The van der Waals surface area contributed by atoms with Gasteiger partial charge in [-0.1, -0.05) is 92.2 Å². The summed E-state index contributed by atoms with van der Waals surface area (Å²) < 4.78 is 0. The van der Waals surface area contributed by atoms with Crippen LogP contribution in [0.2, 0.25) is 0 Å². The standard InChI is InChI=1S/C23H22.C2H6/c1-4-6-23-18(3)7-5-8-20(23)13-10-19-11-14-21-15-17(2)9-12-22(21)16-19;1-2/h4-16H,1-3H3;1-2H3/b6-4-,13-10+;. The Hall–Kier alpha value is -2.60. The molecular weight excluding hydrogens is 300 g/mol. The second-order valence-electron chi connectivity index (χ2n) is 6.02. The molecule has 0 amide bonds. The van der Waals surface area contributed by atoms with Crippen LogP contribution in [0.15, 0.2) is 60.7 Å². The van der Waals surface area contributed by atoms with Crippen LogP contribution in [0.3, 0.4) is 0 Å². The summed E-state index contributed by atoms with van der Waals surface area (Å²) in [5.41, 5.74) is 6.39. The van der Waals surface area contributed by atoms with Crippen LogP contribution >= 0.6 is 0 Å². The maximum Gasteiger partial charge on any atom is -0.0158 e. The maximum atomic E-state index is 2.25. The Morgan fingerprint density at radius 1 is 0.720 bits per heavy atom. The first-order valence-electron chi connectivity index (χ1n) is 9.08. The molecule has 0 radical (unpaired) electrons. The zero-order valence-corrected chi connectivity index (χ0v) is 16.0. The summed E-state index contributed by atoms with van der Waals surface area (Å²) in [6.07, 6.45) is 8.68. The van der Waals surface area contributed by atoms with E-state index in [2.05, 4.69) is 99.7 Å². The molecule has 3 rings (SSSR count). The fourth-order valence-corrected chi connectivity index (χ4v) is 2.92. The molecule has 0 heteroatoms. The Balaban J connectivity index is 0.00000109. The first-order chi connectivity index (χ1) is 12.2. The molecule has 0 atom stereocenters.